The molecule has 1 aromatic rings. The van der Waals surface area contributed by atoms with Gasteiger partial charge in [0.05, 0.1) is 0 Å². The molecule has 0 fully saturated rings. The van der Waals surface area contributed by atoms with E-state index in [2.05, 4.69) is 35.1 Å². The molecule has 0 aliphatic heterocycles. The van der Waals surface area contributed by atoms with Gasteiger partial charge in [0.25, 0.3) is 0 Å². The molecule has 1 rings (SSSR count). The van der Waals surface area contributed by atoms with Gasteiger partial charge in [0.1, 0.15) is 5.60 Å². The lowest BCUT2D eigenvalue weighted by molar-refractivity contribution is 0.0297. The van der Waals surface area contributed by atoms with Crippen LogP contribution >= 0.6 is 0 Å². The Labute approximate surface area is 128 Å². The second-order valence-corrected chi connectivity index (χ2v) is 6.22. The lowest BCUT2D eigenvalue weighted by Gasteiger charge is -2.24. The van der Waals surface area contributed by atoms with Gasteiger partial charge in [-0.3, -0.25) is 0 Å². The fourth-order valence-corrected chi connectivity index (χ4v) is 2.01. The molecule has 21 heavy (non-hydrogen) atoms. The van der Waals surface area contributed by atoms with Crippen molar-refractivity contribution < 1.29 is 9.53 Å². The van der Waals surface area contributed by atoms with Crippen LogP contribution in [0.15, 0.2) is 18.3 Å². The van der Waals surface area contributed by atoms with Gasteiger partial charge in [0.15, 0.2) is 0 Å². The van der Waals surface area contributed by atoms with Crippen LogP contribution in [0.4, 0.5) is 4.79 Å². The molecule has 1 heterocycles. The Bertz CT molecular complexity index is 435. The van der Waals surface area contributed by atoms with Gasteiger partial charge in [-0.2, -0.15) is 0 Å². The summed E-state index contributed by atoms with van der Waals surface area (Å²) in [5.74, 6) is 0. The van der Waals surface area contributed by atoms with E-state index >= 15 is 0 Å². The number of aromatic nitrogens is 1. The summed E-state index contributed by atoms with van der Waals surface area (Å²) in [4.78, 5) is 13.4. The Balaban J connectivity index is 2.18. The fraction of sp³-hybridized carbons (Fsp3) is 0.688. The summed E-state index contributed by atoms with van der Waals surface area (Å²) in [5.41, 5.74) is 0.854. The van der Waals surface area contributed by atoms with E-state index in [-0.39, 0.29) is 6.09 Å². The van der Waals surface area contributed by atoms with Crippen LogP contribution in [0.1, 0.15) is 39.8 Å². The number of rotatable bonds is 7. The van der Waals surface area contributed by atoms with Crippen molar-refractivity contribution in [3.05, 3.63) is 24.0 Å². The van der Waals surface area contributed by atoms with Crippen molar-refractivity contribution in [2.75, 3.05) is 20.1 Å². The summed E-state index contributed by atoms with van der Waals surface area (Å²) in [7, 11) is 1.77. The van der Waals surface area contributed by atoms with Crippen LogP contribution in [0.5, 0.6) is 0 Å². The highest BCUT2D eigenvalue weighted by Gasteiger charge is 2.18. The number of hydrogen-bond donors (Lipinski definition) is 1. The van der Waals surface area contributed by atoms with E-state index in [0.717, 1.165) is 26.1 Å². The molecule has 5 heteroatoms. The number of amides is 1. The molecule has 0 radical (unpaired) electrons. The molecule has 5 nitrogen and oxygen atoms in total. The van der Waals surface area contributed by atoms with Crippen LogP contribution in [-0.2, 0) is 17.8 Å². The highest BCUT2D eigenvalue weighted by atomic mass is 16.6. The molecule has 0 aliphatic rings. The van der Waals surface area contributed by atoms with E-state index < -0.39 is 5.60 Å². The first-order valence-electron chi connectivity index (χ1n) is 7.62. The maximum atomic E-state index is 11.8. The zero-order chi connectivity index (χ0) is 15.9. The molecule has 0 bridgehead atoms. The first-order valence-corrected chi connectivity index (χ1v) is 7.62. The molecule has 1 amide bonds. The number of nitrogens with one attached hydrogen (secondary N) is 1. The van der Waals surface area contributed by atoms with Crippen molar-refractivity contribution >= 4 is 6.09 Å². The van der Waals surface area contributed by atoms with Crippen LogP contribution < -0.4 is 5.32 Å². The molecular formula is C16H29N3O2. The van der Waals surface area contributed by atoms with E-state index in [1.165, 1.54) is 5.69 Å². The minimum atomic E-state index is -0.435. The van der Waals surface area contributed by atoms with E-state index in [1.807, 2.05) is 20.8 Å². The van der Waals surface area contributed by atoms with Crippen LogP contribution in [0.25, 0.3) is 0 Å². The van der Waals surface area contributed by atoms with Gasteiger partial charge in [-0.1, -0.05) is 0 Å². The van der Waals surface area contributed by atoms with Gasteiger partial charge in [-0.15, -0.1) is 0 Å². The summed E-state index contributed by atoms with van der Waals surface area (Å²) >= 11 is 0. The fourth-order valence-electron chi connectivity index (χ4n) is 2.01. The average molecular weight is 295 g/mol. The van der Waals surface area contributed by atoms with Crippen molar-refractivity contribution in [3.63, 3.8) is 0 Å². The molecule has 0 aliphatic carbocycles. The zero-order valence-electron chi connectivity index (χ0n) is 14.0. The second kappa shape index (κ2) is 8.08. The number of aryl methyl sites for hydroxylation is 1. The molecule has 1 aromatic heterocycles. The highest BCUT2D eigenvalue weighted by molar-refractivity contribution is 5.67. The normalized spacial score (nSPS) is 11.5. The third-order valence-corrected chi connectivity index (χ3v) is 3.12. The molecule has 120 valence electrons. The van der Waals surface area contributed by atoms with Crippen molar-refractivity contribution in [3.8, 4) is 0 Å². The third kappa shape index (κ3) is 6.67. The van der Waals surface area contributed by atoms with Crippen molar-refractivity contribution in [2.24, 2.45) is 0 Å². The summed E-state index contributed by atoms with van der Waals surface area (Å²) in [6.07, 6.45) is 2.73. The Morgan fingerprint density at radius 2 is 2.14 bits per heavy atom. The lowest BCUT2D eigenvalue weighted by Crippen LogP contribution is -2.35. The third-order valence-electron chi connectivity index (χ3n) is 3.12. The van der Waals surface area contributed by atoms with Gasteiger partial charge >= 0.3 is 6.09 Å². The monoisotopic (exact) mass is 295 g/mol. The van der Waals surface area contributed by atoms with Gasteiger partial charge in [0.2, 0.25) is 0 Å². The van der Waals surface area contributed by atoms with E-state index in [1.54, 1.807) is 11.9 Å². The average Bonchev–Trinajstić information content (AvgIpc) is 2.83. The zero-order valence-corrected chi connectivity index (χ0v) is 14.0. The summed E-state index contributed by atoms with van der Waals surface area (Å²) in [6, 6.07) is 4.19. The summed E-state index contributed by atoms with van der Waals surface area (Å²) < 4.78 is 7.53. The van der Waals surface area contributed by atoms with Crippen molar-refractivity contribution in [2.45, 2.75) is 52.8 Å². The van der Waals surface area contributed by atoms with Crippen LogP contribution in [0.3, 0.4) is 0 Å². The predicted octanol–water partition coefficient (Wildman–Crippen LogP) is 2.85. The van der Waals surface area contributed by atoms with Gasteiger partial charge in [0, 0.05) is 38.6 Å². The molecule has 0 atom stereocenters. The van der Waals surface area contributed by atoms with Crippen molar-refractivity contribution in [1.82, 2.24) is 14.8 Å². The van der Waals surface area contributed by atoms with Gasteiger partial charge < -0.3 is 19.5 Å². The van der Waals surface area contributed by atoms with Crippen LogP contribution in [0.2, 0.25) is 0 Å². The lowest BCUT2D eigenvalue weighted by atomic mass is 10.2. The number of nitrogens with zero attached hydrogens (tertiary/aromatic N) is 2. The Morgan fingerprint density at radius 3 is 2.76 bits per heavy atom. The Hall–Kier alpha value is -1.49. The molecule has 0 spiro atoms. The van der Waals surface area contributed by atoms with E-state index in [9.17, 15) is 4.79 Å². The maximum absolute atomic E-state index is 11.8. The van der Waals surface area contributed by atoms with Gasteiger partial charge in [-0.05, 0) is 52.8 Å². The summed E-state index contributed by atoms with van der Waals surface area (Å²) in [6.45, 7) is 11.2. The molecule has 0 unspecified atom stereocenters. The second-order valence-electron chi connectivity index (χ2n) is 6.22. The quantitative estimate of drug-likeness (QED) is 0.787. The highest BCUT2D eigenvalue weighted by Crippen LogP contribution is 2.09. The Morgan fingerprint density at radius 1 is 1.43 bits per heavy atom. The number of hydrogen-bond acceptors (Lipinski definition) is 3. The summed E-state index contributed by atoms with van der Waals surface area (Å²) in [5, 5.41) is 3.41. The molecular weight excluding hydrogens is 266 g/mol. The predicted molar refractivity (Wildman–Crippen MR) is 85.3 cm³/mol. The first-order chi connectivity index (χ1) is 9.83. The Kier molecular flexibility index (Phi) is 6.75. The number of ether oxygens (including phenoxy) is 1. The maximum Gasteiger partial charge on any atom is 0.410 e. The molecule has 0 aromatic carbocycles. The molecule has 0 saturated carbocycles. The standard InChI is InChI=1S/C16H29N3O2/c1-6-19-12-7-9-14(19)13-17-10-8-11-18(5)15(20)21-16(2,3)4/h7,9,12,17H,6,8,10-11,13H2,1-5H3. The molecule has 1 N–H and O–H groups in total. The largest absolute Gasteiger partial charge is 0.444 e. The smallest absolute Gasteiger partial charge is 0.410 e. The number of carbonyl (C=O) groups excluding carboxylic acids is 1. The minimum absolute atomic E-state index is 0.262. The van der Waals surface area contributed by atoms with Crippen LogP contribution in [0, 0.1) is 0 Å². The first kappa shape index (κ1) is 17.6. The van der Waals surface area contributed by atoms with E-state index in [4.69, 9.17) is 4.74 Å². The van der Waals surface area contributed by atoms with Gasteiger partial charge in [-0.25, -0.2) is 4.79 Å². The number of carbonyl (C=O) groups is 1. The van der Waals surface area contributed by atoms with Crippen LogP contribution in [-0.4, -0.2) is 41.3 Å². The van der Waals surface area contributed by atoms with Crippen molar-refractivity contribution in [1.29, 1.82) is 0 Å². The molecule has 0 saturated heterocycles. The topological polar surface area (TPSA) is 46.5 Å². The minimum Gasteiger partial charge on any atom is -0.444 e. The van der Waals surface area contributed by atoms with E-state index in [0.29, 0.717) is 6.54 Å². The SMILES string of the molecule is CCn1cccc1CNCCCN(C)C(=O)OC(C)(C)C.